The molecule has 0 fully saturated rings. The lowest BCUT2D eigenvalue weighted by molar-refractivity contribution is 0.102. The number of ether oxygens (including phenoxy) is 1. The minimum atomic E-state index is -0.574. The summed E-state index contributed by atoms with van der Waals surface area (Å²) in [5.41, 5.74) is 0.216. The first kappa shape index (κ1) is 11.8. The van der Waals surface area contributed by atoms with Gasteiger partial charge in [0.25, 0.3) is 11.5 Å². The number of carbonyl (C=O) groups excluding carboxylic acids is 1. The molecular weight excluding hydrogens is 238 g/mol. The number of aromatic amines is 2. The zero-order valence-electron chi connectivity index (χ0n) is 9.77. The van der Waals surface area contributed by atoms with Gasteiger partial charge in [-0.3, -0.25) is 14.9 Å². The van der Waals surface area contributed by atoms with Gasteiger partial charge < -0.3 is 9.72 Å². The van der Waals surface area contributed by atoms with Crippen LogP contribution in [0.1, 0.15) is 16.1 Å². The lowest BCUT2D eigenvalue weighted by atomic mass is 10.2. The molecule has 0 aliphatic carbocycles. The van der Waals surface area contributed by atoms with Crippen LogP contribution in [-0.2, 0) is 0 Å². The van der Waals surface area contributed by atoms with Gasteiger partial charge in [0.2, 0.25) is 5.95 Å². The number of rotatable bonds is 3. The maximum atomic E-state index is 11.8. The maximum Gasteiger partial charge on any atom is 0.336 e. The van der Waals surface area contributed by atoms with E-state index in [0.717, 1.165) is 0 Å². The average molecular weight is 249 g/mol. The Labute approximate surface area is 101 Å². The summed E-state index contributed by atoms with van der Waals surface area (Å²) in [7, 11) is 1.40. The average Bonchev–Trinajstić information content (AvgIpc) is 2.76. The lowest BCUT2D eigenvalue weighted by Gasteiger charge is -2.00. The minimum absolute atomic E-state index is 0.00373. The van der Waals surface area contributed by atoms with Gasteiger partial charge in [0.05, 0.1) is 7.11 Å². The van der Waals surface area contributed by atoms with E-state index in [9.17, 15) is 9.59 Å². The molecule has 3 N–H and O–H groups in total. The van der Waals surface area contributed by atoms with Crippen LogP contribution in [0.5, 0.6) is 6.01 Å². The Morgan fingerprint density at radius 3 is 2.83 bits per heavy atom. The molecule has 0 saturated carbocycles. The van der Waals surface area contributed by atoms with Crippen LogP contribution in [-0.4, -0.2) is 33.2 Å². The number of hydrogen-bond acceptors (Lipinski definition) is 5. The van der Waals surface area contributed by atoms with Crippen LogP contribution in [0.2, 0.25) is 0 Å². The van der Waals surface area contributed by atoms with E-state index in [4.69, 9.17) is 4.74 Å². The number of methoxy groups -OCH3 is 1. The van der Waals surface area contributed by atoms with Crippen molar-refractivity contribution >= 4 is 11.9 Å². The number of nitrogens with zero attached hydrogens (tertiary/aromatic N) is 2. The van der Waals surface area contributed by atoms with Crippen LogP contribution in [0.25, 0.3) is 0 Å². The topological polar surface area (TPSA) is 113 Å². The Balaban J connectivity index is 2.19. The largest absolute Gasteiger partial charge is 0.466 e. The number of nitrogens with one attached hydrogen (secondary N) is 3. The van der Waals surface area contributed by atoms with E-state index in [1.54, 1.807) is 13.0 Å². The quantitative estimate of drug-likeness (QED) is 0.712. The van der Waals surface area contributed by atoms with E-state index in [1.165, 1.54) is 13.2 Å². The van der Waals surface area contributed by atoms with Gasteiger partial charge in [0.15, 0.2) is 0 Å². The van der Waals surface area contributed by atoms with Gasteiger partial charge in [-0.25, -0.2) is 5.10 Å². The molecule has 18 heavy (non-hydrogen) atoms. The number of amides is 1. The first-order valence-electron chi connectivity index (χ1n) is 5.08. The van der Waals surface area contributed by atoms with Crippen LogP contribution >= 0.6 is 0 Å². The van der Waals surface area contributed by atoms with Crippen molar-refractivity contribution in [2.24, 2.45) is 0 Å². The number of aromatic nitrogens is 4. The molecule has 0 bridgehead atoms. The monoisotopic (exact) mass is 249 g/mol. The number of anilines is 1. The van der Waals surface area contributed by atoms with Gasteiger partial charge in [-0.1, -0.05) is 0 Å². The molecule has 2 aromatic heterocycles. The van der Waals surface area contributed by atoms with E-state index in [2.05, 4.69) is 25.5 Å². The summed E-state index contributed by atoms with van der Waals surface area (Å²) in [6, 6.07) is 3.18. The van der Waals surface area contributed by atoms with Crippen molar-refractivity contribution in [2.45, 2.75) is 6.92 Å². The van der Waals surface area contributed by atoms with Crippen LogP contribution in [0.4, 0.5) is 5.95 Å². The molecule has 0 aliphatic rings. The molecule has 8 nitrogen and oxygen atoms in total. The molecule has 0 spiro atoms. The Morgan fingerprint density at radius 2 is 2.22 bits per heavy atom. The fourth-order valence-electron chi connectivity index (χ4n) is 1.32. The number of aryl methyl sites for hydroxylation is 1. The third kappa shape index (κ3) is 2.37. The maximum absolute atomic E-state index is 11.8. The number of H-pyrrole nitrogens is 2. The van der Waals surface area contributed by atoms with Crippen LogP contribution < -0.4 is 15.6 Å². The summed E-state index contributed by atoms with van der Waals surface area (Å²) in [5.74, 6) is -0.466. The summed E-state index contributed by atoms with van der Waals surface area (Å²) < 4.78 is 4.75. The number of hydrogen-bond donors (Lipinski definition) is 3. The zero-order chi connectivity index (χ0) is 13.1. The van der Waals surface area contributed by atoms with Crippen molar-refractivity contribution in [2.75, 3.05) is 12.4 Å². The molecule has 2 rings (SSSR count). The summed E-state index contributed by atoms with van der Waals surface area (Å²) in [4.78, 5) is 29.7. The Bertz CT molecular complexity index is 630. The van der Waals surface area contributed by atoms with E-state index in [-0.39, 0.29) is 17.5 Å². The molecule has 8 heteroatoms. The molecule has 0 aromatic carbocycles. The molecule has 0 radical (unpaired) electrons. The Hall–Kier alpha value is -2.64. The number of carbonyl (C=O) groups is 1. The molecule has 2 aromatic rings. The smallest absolute Gasteiger partial charge is 0.336 e. The third-order valence-corrected chi connectivity index (χ3v) is 2.18. The van der Waals surface area contributed by atoms with Crippen LogP contribution in [0.3, 0.4) is 0 Å². The van der Waals surface area contributed by atoms with E-state index < -0.39 is 11.5 Å². The molecule has 94 valence electrons. The molecule has 0 saturated heterocycles. The molecular formula is C10H11N5O3. The lowest BCUT2D eigenvalue weighted by Crippen LogP contribution is -2.23. The van der Waals surface area contributed by atoms with Crippen molar-refractivity contribution in [1.82, 2.24) is 20.2 Å². The zero-order valence-corrected chi connectivity index (χ0v) is 9.77. The molecule has 1 amide bonds. The van der Waals surface area contributed by atoms with Gasteiger partial charge >= 0.3 is 6.01 Å². The van der Waals surface area contributed by atoms with E-state index in [0.29, 0.717) is 5.69 Å². The second kappa shape index (κ2) is 4.70. The first-order valence-corrected chi connectivity index (χ1v) is 5.08. The third-order valence-electron chi connectivity index (χ3n) is 2.18. The van der Waals surface area contributed by atoms with Gasteiger partial charge in [0.1, 0.15) is 5.56 Å². The summed E-state index contributed by atoms with van der Waals surface area (Å²) >= 11 is 0. The van der Waals surface area contributed by atoms with E-state index >= 15 is 0 Å². The minimum Gasteiger partial charge on any atom is -0.466 e. The Kier molecular flexibility index (Phi) is 3.09. The molecule has 0 unspecified atom stereocenters. The predicted molar refractivity (Wildman–Crippen MR) is 62.7 cm³/mol. The highest BCUT2D eigenvalue weighted by molar-refractivity contribution is 6.02. The second-order valence-corrected chi connectivity index (χ2v) is 3.51. The van der Waals surface area contributed by atoms with Crippen molar-refractivity contribution in [1.29, 1.82) is 0 Å². The predicted octanol–water partition coefficient (Wildman–Crippen LogP) is 0.0623. The van der Waals surface area contributed by atoms with E-state index in [1.807, 2.05) is 0 Å². The summed E-state index contributed by atoms with van der Waals surface area (Å²) in [5, 5.41) is 8.52. The summed E-state index contributed by atoms with van der Waals surface area (Å²) in [6.45, 7) is 1.73. The van der Waals surface area contributed by atoms with Crippen molar-refractivity contribution in [3.63, 3.8) is 0 Å². The van der Waals surface area contributed by atoms with Gasteiger partial charge in [-0.15, -0.1) is 5.10 Å². The van der Waals surface area contributed by atoms with Gasteiger partial charge in [0, 0.05) is 5.69 Å². The van der Waals surface area contributed by atoms with Gasteiger partial charge in [-0.05, 0) is 19.1 Å². The van der Waals surface area contributed by atoms with Crippen LogP contribution in [0.15, 0.2) is 16.9 Å². The van der Waals surface area contributed by atoms with Gasteiger partial charge in [-0.2, -0.15) is 4.98 Å². The molecule has 0 aliphatic heterocycles. The standard InChI is InChI=1S/C10H11N5O3/c1-5-3-4-6(7(16)11-5)8(17)12-9-13-10(18-2)15-14-9/h3-4H,1-2H3,(H,11,16)(H2,12,13,14,15,17). The number of pyridine rings is 1. The highest BCUT2D eigenvalue weighted by atomic mass is 16.5. The highest BCUT2D eigenvalue weighted by Crippen LogP contribution is 2.05. The van der Waals surface area contributed by atoms with Crippen LogP contribution in [0, 0.1) is 6.92 Å². The Morgan fingerprint density at radius 1 is 1.44 bits per heavy atom. The van der Waals surface area contributed by atoms with Crippen molar-refractivity contribution in [3.8, 4) is 6.01 Å². The van der Waals surface area contributed by atoms with Crippen molar-refractivity contribution < 1.29 is 9.53 Å². The van der Waals surface area contributed by atoms with Crippen molar-refractivity contribution in [3.05, 3.63) is 33.7 Å². The molecule has 2 heterocycles. The normalized spacial score (nSPS) is 10.1. The highest BCUT2D eigenvalue weighted by Gasteiger charge is 2.12. The summed E-state index contributed by atoms with van der Waals surface area (Å²) in [6.07, 6.45) is 0. The first-order chi connectivity index (χ1) is 8.60. The SMILES string of the molecule is COc1n[nH]c(NC(=O)c2ccc(C)[nH]c2=O)n1. The fourth-order valence-corrected chi connectivity index (χ4v) is 1.32. The second-order valence-electron chi connectivity index (χ2n) is 3.51. The fraction of sp³-hybridized carbons (Fsp3) is 0.200. The molecule has 0 atom stereocenters.